The summed E-state index contributed by atoms with van der Waals surface area (Å²) >= 11 is 0. The first-order valence-corrected chi connectivity index (χ1v) is 6.91. The number of carboxylic acids is 1. The van der Waals surface area contributed by atoms with E-state index in [0.29, 0.717) is 5.92 Å². The molecule has 0 aromatic carbocycles. The quantitative estimate of drug-likeness (QED) is 0.817. The molecule has 0 bridgehead atoms. The normalized spacial score (nSPS) is 33.2. The predicted octanol–water partition coefficient (Wildman–Crippen LogP) is 0.753. The van der Waals surface area contributed by atoms with E-state index >= 15 is 0 Å². The molecule has 3 atom stereocenters. The molecule has 1 aliphatic heterocycles. The first kappa shape index (κ1) is 14.3. The molecule has 5 heteroatoms. The van der Waals surface area contributed by atoms with Gasteiger partial charge in [-0.25, -0.2) is 0 Å². The maximum atomic E-state index is 12.4. The number of carboxylic acid groups (broad SMARTS) is 1. The number of aliphatic carboxylic acids is 1. The van der Waals surface area contributed by atoms with Gasteiger partial charge in [0.1, 0.15) is 0 Å². The molecular formula is C14H24N2O3. The van der Waals surface area contributed by atoms with Crippen molar-refractivity contribution in [2.75, 3.05) is 33.7 Å². The van der Waals surface area contributed by atoms with E-state index < -0.39 is 17.3 Å². The van der Waals surface area contributed by atoms with Crippen molar-refractivity contribution in [2.45, 2.75) is 20.3 Å². The van der Waals surface area contributed by atoms with Crippen LogP contribution in [0.3, 0.4) is 0 Å². The number of nitrogens with zero attached hydrogens (tertiary/aromatic N) is 2. The minimum absolute atomic E-state index is 0.00745. The van der Waals surface area contributed by atoms with Crippen LogP contribution in [0.2, 0.25) is 0 Å². The Balaban J connectivity index is 1.92. The Labute approximate surface area is 114 Å². The zero-order valence-corrected chi connectivity index (χ0v) is 12.2. The van der Waals surface area contributed by atoms with Crippen molar-refractivity contribution in [1.82, 2.24) is 9.80 Å². The highest BCUT2D eigenvalue weighted by molar-refractivity contribution is 5.91. The lowest BCUT2D eigenvalue weighted by Crippen LogP contribution is -2.35. The Kier molecular flexibility index (Phi) is 3.60. The standard InChI is InChI=1S/C14H24N2O3/c1-14(2)10(11(14)13(18)19)12(17)16(4)8-9-5-6-15(3)7-9/h9-11H,5-8H2,1-4H3,(H,18,19). The Morgan fingerprint density at radius 2 is 2.00 bits per heavy atom. The second kappa shape index (κ2) is 4.78. The highest BCUT2D eigenvalue weighted by Gasteiger charge is 2.66. The van der Waals surface area contributed by atoms with E-state index in [4.69, 9.17) is 5.11 Å². The molecule has 2 rings (SSSR count). The van der Waals surface area contributed by atoms with Gasteiger partial charge >= 0.3 is 5.97 Å². The fourth-order valence-electron chi connectivity index (χ4n) is 3.45. The van der Waals surface area contributed by atoms with Gasteiger partial charge in [-0.1, -0.05) is 13.8 Å². The van der Waals surface area contributed by atoms with Crippen LogP contribution in [0.25, 0.3) is 0 Å². The molecule has 1 N–H and O–H groups in total. The van der Waals surface area contributed by atoms with Crippen LogP contribution in [0.4, 0.5) is 0 Å². The molecule has 0 spiro atoms. The third kappa shape index (κ3) is 2.61. The van der Waals surface area contributed by atoms with Crippen LogP contribution in [0.1, 0.15) is 20.3 Å². The Bertz CT molecular complexity index is 394. The molecule has 2 fully saturated rings. The van der Waals surface area contributed by atoms with Crippen LogP contribution in [-0.4, -0.2) is 60.5 Å². The molecule has 2 aliphatic rings. The van der Waals surface area contributed by atoms with Crippen molar-refractivity contribution in [3.8, 4) is 0 Å². The molecular weight excluding hydrogens is 244 g/mol. The maximum Gasteiger partial charge on any atom is 0.307 e. The van der Waals surface area contributed by atoms with Gasteiger partial charge in [0.25, 0.3) is 0 Å². The van der Waals surface area contributed by atoms with Gasteiger partial charge in [-0.3, -0.25) is 9.59 Å². The molecule has 108 valence electrons. The van der Waals surface area contributed by atoms with E-state index in [1.165, 1.54) is 0 Å². The predicted molar refractivity (Wildman–Crippen MR) is 71.6 cm³/mol. The van der Waals surface area contributed by atoms with Gasteiger partial charge in [0.2, 0.25) is 5.91 Å². The van der Waals surface area contributed by atoms with Gasteiger partial charge in [-0.15, -0.1) is 0 Å². The number of rotatable bonds is 4. The summed E-state index contributed by atoms with van der Waals surface area (Å²) in [4.78, 5) is 27.5. The monoisotopic (exact) mass is 268 g/mol. The van der Waals surface area contributed by atoms with Crippen molar-refractivity contribution < 1.29 is 14.7 Å². The van der Waals surface area contributed by atoms with Crippen molar-refractivity contribution in [1.29, 1.82) is 0 Å². The third-order valence-corrected chi connectivity index (χ3v) is 4.76. The molecule has 19 heavy (non-hydrogen) atoms. The van der Waals surface area contributed by atoms with Crippen LogP contribution in [-0.2, 0) is 9.59 Å². The third-order valence-electron chi connectivity index (χ3n) is 4.76. The van der Waals surface area contributed by atoms with Crippen LogP contribution in [0.15, 0.2) is 0 Å². The average molecular weight is 268 g/mol. The number of hydrogen-bond acceptors (Lipinski definition) is 3. The van der Waals surface area contributed by atoms with Crippen LogP contribution >= 0.6 is 0 Å². The number of likely N-dealkylation sites (tertiary alicyclic amines) is 1. The lowest BCUT2D eigenvalue weighted by Gasteiger charge is -2.22. The Morgan fingerprint density at radius 3 is 2.42 bits per heavy atom. The van der Waals surface area contributed by atoms with Crippen molar-refractivity contribution >= 4 is 11.9 Å². The van der Waals surface area contributed by atoms with E-state index in [-0.39, 0.29) is 11.8 Å². The molecule has 0 radical (unpaired) electrons. The largest absolute Gasteiger partial charge is 0.481 e. The molecule has 1 saturated carbocycles. The highest BCUT2D eigenvalue weighted by atomic mass is 16.4. The van der Waals surface area contributed by atoms with Crippen molar-refractivity contribution in [2.24, 2.45) is 23.2 Å². The summed E-state index contributed by atoms with van der Waals surface area (Å²) in [5.41, 5.74) is -0.399. The van der Waals surface area contributed by atoms with Gasteiger partial charge in [0.05, 0.1) is 11.8 Å². The lowest BCUT2D eigenvalue weighted by molar-refractivity contribution is -0.141. The molecule has 0 aromatic rings. The summed E-state index contributed by atoms with van der Waals surface area (Å²) in [6.07, 6.45) is 1.12. The highest BCUT2D eigenvalue weighted by Crippen LogP contribution is 2.58. The van der Waals surface area contributed by atoms with Gasteiger partial charge in [0.15, 0.2) is 0 Å². The molecule has 1 amide bonds. The molecule has 3 unspecified atom stereocenters. The fraction of sp³-hybridized carbons (Fsp3) is 0.857. The van der Waals surface area contributed by atoms with Crippen LogP contribution in [0, 0.1) is 23.2 Å². The first-order chi connectivity index (χ1) is 8.75. The summed E-state index contributed by atoms with van der Waals surface area (Å²) < 4.78 is 0. The van der Waals surface area contributed by atoms with E-state index in [1.54, 1.807) is 11.9 Å². The van der Waals surface area contributed by atoms with Crippen molar-refractivity contribution in [3.05, 3.63) is 0 Å². The number of hydrogen-bond donors (Lipinski definition) is 1. The van der Waals surface area contributed by atoms with Gasteiger partial charge < -0.3 is 14.9 Å². The zero-order valence-electron chi connectivity index (χ0n) is 12.2. The maximum absolute atomic E-state index is 12.4. The second-order valence-corrected chi connectivity index (χ2v) is 6.75. The Hall–Kier alpha value is -1.10. The molecule has 5 nitrogen and oxygen atoms in total. The average Bonchev–Trinajstić information content (AvgIpc) is 2.63. The van der Waals surface area contributed by atoms with E-state index in [0.717, 1.165) is 26.1 Å². The molecule has 1 saturated heterocycles. The summed E-state index contributed by atoms with van der Waals surface area (Å²) in [7, 11) is 3.89. The summed E-state index contributed by atoms with van der Waals surface area (Å²) in [5, 5.41) is 9.13. The minimum Gasteiger partial charge on any atom is -0.481 e. The van der Waals surface area contributed by atoms with Gasteiger partial charge in [-0.05, 0) is 31.3 Å². The van der Waals surface area contributed by atoms with E-state index in [2.05, 4.69) is 11.9 Å². The molecule has 0 aromatic heterocycles. The van der Waals surface area contributed by atoms with E-state index in [1.807, 2.05) is 13.8 Å². The lowest BCUT2D eigenvalue weighted by atomic mass is 10.1. The topological polar surface area (TPSA) is 60.9 Å². The van der Waals surface area contributed by atoms with Gasteiger partial charge in [0, 0.05) is 20.1 Å². The Morgan fingerprint density at radius 1 is 1.37 bits per heavy atom. The SMILES string of the molecule is CN1CCC(CN(C)C(=O)C2C(C(=O)O)C2(C)C)C1. The fourth-order valence-corrected chi connectivity index (χ4v) is 3.45. The van der Waals surface area contributed by atoms with Crippen molar-refractivity contribution in [3.63, 3.8) is 0 Å². The smallest absolute Gasteiger partial charge is 0.307 e. The summed E-state index contributed by atoms with van der Waals surface area (Å²) in [6.45, 7) is 6.58. The number of carbonyl (C=O) groups excluding carboxylic acids is 1. The van der Waals surface area contributed by atoms with Crippen LogP contribution in [0.5, 0.6) is 0 Å². The minimum atomic E-state index is -0.850. The number of carbonyl (C=O) groups is 2. The van der Waals surface area contributed by atoms with E-state index in [9.17, 15) is 9.59 Å². The van der Waals surface area contributed by atoms with Gasteiger partial charge in [-0.2, -0.15) is 0 Å². The summed E-state index contributed by atoms with van der Waals surface area (Å²) in [5.74, 6) is -1.21. The zero-order chi connectivity index (χ0) is 14.4. The second-order valence-electron chi connectivity index (χ2n) is 6.75. The summed E-state index contributed by atoms with van der Waals surface area (Å²) in [6, 6.07) is 0. The van der Waals surface area contributed by atoms with Crippen LogP contribution < -0.4 is 0 Å². The molecule has 1 heterocycles. The first-order valence-electron chi connectivity index (χ1n) is 6.91. The molecule has 1 aliphatic carbocycles. The number of amides is 1.